The van der Waals surface area contributed by atoms with Crippen molar-refractivity contribution in [2.45, 2.75) is 26.7 Å². The third kappa shape index (κ3) is 3.29. The Hall–Kier alpha value is -3.52. The molecule has 31 heavy (non-hydrogen) atoms. The molecule has 0 saturated heterocycles. The molecule has 0 atom stereocenters. The predicted molar refractivity (Wildman–Crippen MR) is 125 cm³/mol. The van der Waals surface area contributed by atoms with Gasteiger partial charge in [0.1, 0.15) is 0 Å². The number of amides is 1. The summed E-state index contributed by atoms with van der Waals surface area (Å²) in [4.78, 5) is 25.9. The second kappa shape index (κ2) is 7.31. The molecule has 0 radical (unpaired) electrons. The number of carbonyl (C=O) groups excluding carboxylic acids is 1. The van der Waals surface area contributed by atoms with Gasteiger partial charge in [0.25, 0.3) is 5.91 Å². The first kappa shape index (κ1) is 19.4. The van der Waals surface area contributed by atoms with E-state index >= 15 is 0 Å². The molecule has 1 amide bonds. The number of nitrogens with zero attached hydrogens (tertiary/aromatic N) is 4. The highest BCUT2D eigenvalue weighted by atomic mass is 32.1. The van der Waals surface area contributed by atoms with Gasteiger partial charge in [0.15, 0.2) is 10.8 Å². The number of nitrogens with one attached hydrogen (secondary N) is 2. The molecule has 5 rings (SSSR count). The van der Waals surface area contributed by atoms with Crippen LogP contribution in [-0.2, 0) is 7.05 Å². The van der Waals surface area contributed by atoms with E-state index in [-0.39, 0.29) is 11.8 Å². The quantitative estimate of drug-likeness (QED) is 0.407. The van der Waals surface area contributed by atoms with E-state index in [1.165, 1.54) is 11.3 Å². The van der Waals surface area contributed by atoms with Gasteiger partial charge in [0.2, 0.25) is 0 Å². The second-order valence-corrected chi connectivity index (χ2v) is 8.76. The number of para-hydroxylation sites is 1. The van der Waals surface area contributed by atoms with Crippen LogP contribution < -0.4 is 5.32 Å². The lowest BCUT2D eigenvalue weighted by Crippen LogP contribution is -2.14. The van der Waals surface area contributed by atoms with E-state index in [9.17, 15) is 4.79 Å². The maximum Gasteiger partial charge on any atom is 0.258 e. The van der Waals surface area contributed by atoms with Gasteiger partial charge in [-0.05, 0) is 25.0 Å². The highest BCUT2D eigenvalue weighted by molar-refractivity contribution is 7.14. The van der Waals surface area contributed by atoms with E-state index in [1.807, 2.05) is 49.8 Å². The molecule has 0 unspecified atom stereocenters. The van der Waals surface area contributed by atoms with Gasteiger partial charge in [-0.25, -0.2) is 9.97 Å². The largest absolute Gasteiger partial charge is 0.360 e. The highest BCUT2D eigenvalue weighted by Crippen LogP contribution is 2.32. The van der Waals surface area contributed by atoms with E-state index in [0.717, 1.165) is 38.9 Å². The first-order valence-corrected chi connectivity index (χ1v) is 11.0. The van der Waals surface area contributed by atoms with Crippen molar-refractivity contribution >= 4 is 44.3 Å². The zero-order valence-electron chi connectivity index (χ0n) is 17.7. The summed E-state index contributed by atoms with van der Waals surface area (Å²) >= 11 is 1.41. The van der Waals surface area contributed by atoms with Gasteiger partial charge < -0.3 is 4.98 Å². The second-order valence-electron chi connectivity index (χ2n) is 7.90. The van der Waals surface area contributed by atoms with Crippen LogP contribution in [0.25, 0.3) is 33.2 Å². The molecule has 0 aliphatic rings. The third-order valence-electron chi connectivity index (χ3n) is 5.41. The van der Waals surface area contributed by atoms with Gasteiger partial charge in [0.05, 0.1) is 22.3 Å². The van der Waals surface area contributed by atoms with Crippen LogP contribution in [0.15, 0.2) is 41.9 Å². The minimum Gasteiger partial charge on any atom is -0.360 e. The zero-order valence-corrected chi connectivity index (χ0v) is 18.5. The van der Waals surface area contributed by atoms with Crippen molar-refractivity contribution in [3.63, 3.8) is 0 Å². The zero-order chi connectivity index (χ0) is 21.7. The normalized spacial score (nSPS) is 11.6. The van der Waals surface area contributed by atoms with Gasteiger partial charge in [-0.15, -0.1) is 11.3 Å². The number of aromatic amines is 1. The lowest BCUT2D eigenvalue weighted by molar-refractivity contribution is 0.102. The number of anilines is 1. The van der Waals surface area contributed by atoms with Crippen molar-refractivity contribution in [2.75, 3.05) is 5.32 Å². The minimum atomic E-state index is -0.203. The summed E-state index contributed by atoms with van der Waals surface area (Å²) in [6, 6.07) is 9.96. The Kier molecular flexibility index (Phi) is 4.59. The fraction of sp³-hybridized carbons (Fsp3) is 0.217. The fourth-order valence-corrected chi connectivity index (χ4v) is 4.55. The predicted octanol–water partition coefficient (Wildman–Crippen LogP) is 5.26. The Morgan fingerprint density at radius 1 is 1.23 bits per heavy atom. The molecule has 0 aliphatic carbocycles. The molecule has 156 valence electrons. The third-order valence-corrected chi connectivity index (χ3v) is 6.17. The SMILES string of the molecule is Cc1nn(C)c2nc(C(C)C)cc(C(=O)Nc3nc(-c4c[nH]c5ccccc45)cs3)c12. The maximum atomic E-state index is 13.3. The van der Waals surface area contributed by atoms with Crippen LogP contribution in [0.2, 0.25) is 0 Å². The lowest BCUT2D eigenvalue weighted by atomic mass is 10.0. The summed E-state index contributed by atoms with van der Waals surface area (Å²) in [5.74, 6) is -0.00952. The van der Waals surface area contributed by atoms with Crippen molar-refractivity contribution < 1.29 is 4.79 Å². The molecule has 8 heteroatoms. The van der Waals surface area contributed by atoms with E-state index < -0.39 is 0 Å². The van der Waals surface area contributed by atoms with E-state index in [1.54, 1.807) is 4.68 Å². The maximum absolute atomic E-state index is 13.3. The molecule has 0 saturated carbocycles. The van der Waals surface area contributed by atoms with Crippen molar-refractivity contribution in [3.05, 3.63) is 58.9 Å². The van der Waals surface area contributed by atoms with Crippen LogP contribution in [0.1, 0.15) is 41.5 Å². The summed E-state index contributed by atoms with van der Waals surface area (Å²) in [6.07, 6.45) is 1.95. The van der Waals surface area contributed by atoms with Crippen LogP contribution >= 0.6 is 11.3 Å². The lowest BCUT2D eigenvalue weighted by Gasteiger charge is -2.10. The molecular weight excluding hydrogens is 408 g/mol. The Morgan fingerprint density at radius 2 is 2.03 bits per heavy atom. The van der Waals surface area contributed by atoms with Crippen LogP contribution in [0, 0.1) is 6.92 Å². The fourth-order valence-electron chi connectivity index (χ4n) is 3.84. The molecule has 1 aromatic carbocycles. The molecule has 0 bridgehead atoms. The summed E-state index contributed by atoms with van der Waals surface area (Å²) in [6.45, 7) is 6.02. The number of benzene rings is 1. The average molecular weight is 431 g/mol. The Balaban J connectivity index is 1.51. The van der Waals surface area contributed by atoms with Crippen LogP contribution in [0.3, 0.4) is 0 Å². The molecule has 0 spiro atoms. The van der Waals surface area contributed by atoms with E-state index in [4.69, 9.17) is 4.98 Å². The van der Waals surface area contributed by atoms with Crippen LogP contribution in [-0.4, -0.2) is 30.6 Å². The average Bonchev–Trinajstić information content (AvgIpc) is 3.45. The van der Waals surface area contributed by atoms with Crippen LogP contribution in [0.5, 0.6) is 0 Å². The summed E-state index contributed by atoms with van der Waals surface area (Å²) in [5.41, 5.74) is 5.84. The molecule has 2 N–H and O–H groups in total. The van der Waals surface area contributed by atoms with Crippen LogP contribution in [0.4, 0.5) is 5.13 Å². The highest BCUT2D eigenvalue weighted by Gasteiger charge is 2.21. The number of fused-ring (bicyclic) bond motifs is 2. The first-order chi connectivity index (χ1) is 14.9. The topological polar surface area (TPSA) is 88.5 Å². The Morgan fingerprint density at radius 3 is 2.84 bits per heavy atom. The molecule has 5 aromatic rings. The van der Waals surface area contributed by atoms with Gasteiger partial charge in [-0.2, -0.15) is 5.10 Å². The molecule has 4 heterocycles. The number of hydrogen-bond donors (Lipinski definition) is 2. The number of aromatic nitrogens is 5. The van der Waals surface area contributed by atoms with E-state index in [2.05, 4.69) is 40.3 Å². The standard InChI is InChI=1S/C23H22N6OS/c1-12(2)18-9-15(20-13(3)28-29(4)21(20)25-18)22(30)27-23-26-19(11-31-23)16-10-24-17-8-6-5-7-14(16)17/h5-12,24H,1-4H3,(H,26,27,30). The number of H-pyrrole nitrogens is 1. The Bertz CT molecular complexity index is 1440. The van der Waals surface area contributed by atoms with E-state index in [0.29, 0.717) is 16.3 Å². The first-order valence-electron chi connectivity index (χ1n) is 10.1. The summed E-state index contributed by atoms with van der Waals surface area (Å²) in [7, 11) is 1.85. The van der Waals surface area contributed by atoms with Gasteiger partial charge in [-0.1, -0.05) is 32.0 Å². The van der Waals surface area contributed by atoms with Crippen molar-refractivity contribution in [2.24, 2.45) is 7.05 Å². The molecule has 7 nitrogen and oxygen atoms in total. The smallest absolute Gasteiger partial charge is 0.258 e. The monoisotopic (exact) mass is 430 g/mol. The number of hydrogen-bond acceptors (Lipinski definition) is 5. The summed E-state index contributed by atoms with van der Waals surface area (Å²) in [5, 5.41) is 11.8. The number of carbonyl (C=O) groups is 1. The van der Waals surface area contributed by atoms with Gasteiger partial charge in [-0.3, -0.25) is 14.8 Å². The molecule has 4 aromatic heterocycles. The van der Waals surface area contributed by atoms with Crippen molar-refractivity contribution in [1.29, 1.82) is 0 Å². The van der Waals surface area contributed by atoms with Gasteiger partial charge in [0, 0.05) is 40.8 Å². The number of thiazole rings is 1. The summed E-state index contributed by atoms with van der Waals surface area (Å²) < 4.78 is 1.73. The number of rotatable bonds is 4. The minimum absolute atomic E-state index is 0.194. The molecule has 0 aliphatic heterocycles. The molecular formula is C23H22N6OS. The van der Waals surface area contributed by atoms with Gasteiger partial charge >= 0.3 is 0 Å². The Labute approximate surface area is 183 Å². The number of aryl methyl sites for hydroxylation is 2. The number of pyridine rings is 1. The van der Waals surface area contributed by atoms with Crippen molar-refractivity contribution in [3.8, 4) is 11.3 Å². The van der Waals surface area contributed by atoms with Crippen molar-refractivity contribution in [1.82, 2.24) is 24.7 Å². The molecule has 0 fully saturated rings.